The standard InChI is InChI=1S/C26H20BrClN6O6/c27-17-6-8-21-20(11-17)26(35)32(25(31-21)15-4-2-1-3-5-15)30-13-16-10-18(28)12-22(34(38)39)24(16)40-23-9-7-19(14-29-23)33(36)37/h6-15H,1-5H2. The number of halogens is 2. The lowest BCUT2D eigenvalue weighted by atomic mass is 9.88. The lowest BCUT2D eigenvalue weighted by molar-refractivity contribution is -0.385. The molecule has 0 radical (unpaired) electrons. The highest BCUT2D eigenvalue weighted by Gasteiger charge is 2.24. The number of hydrogen-bond donors (Lipinski definition) is 0. The second kappa shape index (κ2) is 11.5. The van der Waals surface area contributed by atoms with Gasteiger partial charge in [-0.1, -0.05) is 46.8 Å². The predicted molar refractivity (Wildman–Crippen MR) is 152 cm³/mol. The van der Waals surface area contributed by atoms with Crippen molar-refractivity contribution in [3.8, 4) is 11.6 Å². The maximum absolute atomic E-state index is 13.6. The molecule has 1 aliphatic rings. The van der Waals surface area contributed by atoms with Crippen molar-refractivity contribution in [2.24, 2.45) is 5.10 Å². The van der Waals surface area contributed by atoms with E-state index in [0.29, 0.717) is 21.2 Å². The van der Waals surface area contributed by atoms with E-state index in [2.05, 4.69) is 26.0 Å². The number of fused-ring (bicyclic) bond motifs is 1. The molecule has 2 heterocycles. The van der Waals surface area contributed by atoms with Crippen LogP contribution < -0.4 is 10.3 Å². The number of ether oxygens (including phenoxy) is 1. The minimum absolute atomic E-state index is 0.0142. The van der Waals surface area contributed by atoms with E-state index in [0.717, 1.165) is 50.4 Å². The minimum Gasteiger partial charge on any atom is -0.431 e. The van der Waals surface area contributed by atoms with Crippen molar-refractivity contribution < 1.29 is 14.6 Å². The molecule has 1 saturated carbocycles. The van der Waals surface area contributed by atoms with Gasteiger partial charge >= 0.3 is 5.69 Å². The fourth-order valence-corrected chi connectivity index (χ4v) is 5.19. The van der Waals surface area contributed by atoms with Crippen LogP contribution in [0.2, 0.25) is 5.02 Å². The van der Waals surface area contributed by atoms with Crippen molar-refractivity contribution in [1.82, 2.24) is 14.6 Å². The van der Waals surface area contributed by atoms with Gasteiger partial charge in [0.2, 0.25) is 11.6 Å². The van der Waals surface area contributed by atoms with E-state index >= 15 is 0 Å². The molecule has 4 aromatic rings. The topological polar surface area (TPSA) is 156 Å². The Morgan fingerprint density at radius 2 is 1.85 bits per heavy atom. The molecule has 0 unspecified atom stereocenters. The number of nitro groups is 2. The van der Waals surface area contributed by atoms with Gasteiger partial charge in [0.25, 0.3) is 11.2 Å². The first-order valence-corrected chi connectivity index (χ1v) is 13.4. The molecule has 12 nitrogen and oxygen atoms in total. The number of benzene rings is 2. The summed E-state index contributed by atoms with van der Waals surface area (Å²) in [6, 6.07) is 10.1. The molecular formula is C26H20BrClN6O6. The van der Waals surface area contributed by atoms with Crippen molar-refractivity contribution in [3.05, 3.63) is 100 Å². The molecule has 40 heavy (non-hydrogen) atoms. The van der Waals surface area contributed by atoms with E-state index in [9.17, 15) is 25.0 Å². The molecule has 0 aliphatic heterocycles. The van der Waals surface area contributed by atoms with Gasteiger partial charge in [-0.2, -0.15) is 9.78 Å². The van der Waals surface area contributed by atoms with E-state index in [1.165, 1.54) is 23.0 Å². The predicted octanol–water partition coefficient (Wildman–Crippen LogP) is 6.75. The molecule has 0 saturated heterocycles. The zero-order chi connectivity index (χ0) is 28.4. The summed E-state index contributed by atoms with van der Waals surface area (Å²) in [7, 11) is 0. The smallest absolute Gasteiger partial charge is 0.313 e. The van der Waals surface area contributed by atoms with Crippen molar-refractivity contribution in [2.75, 3.05) is 0 Å². The molecule has 204 valence electrons. The Morgan fingerprint density at radius 1 is 1.07 bits per heavy atom. The number of nitro benzene ring substituents is 1. The summed E-state index contributed by atoms with van der Waals surface area (Å²) in [4.78, 5) is 43.8. The highest BCUT2D eigenvalue weighted by atomic mass is 79.9. The number of aromatic nitrogens is 3. The third kappa shape index (κ3) is 5.70. The van der Waals surface area contributed by atoms with Gasteiger partial charge in [-0.15, -0.1) is 0 Å². The van der Waals surface area contributed by atoms with Crippen LogP contribution in [0.4, 0.5) is 11.4 Å². The molecule has 0 spiro atoms. The second-order valence-electron chi connectivity index (χ2n) is 9.14. The van der Waals surface area contributed by atoms with Crippen molar-refractivity contribution >= 4 is 56.0 Å². The van der Waals surface area contributed by atoms with Crippen molar-refractivity contribution in [2.45, 2.75) is 38.0 Å². The number of hydrogen-bond acceptors (Lipinski definition) is 9. The van der Waals surface area contributed by atoms with E-state index < -0.39 is 15.5 Å². The monoisotopic (exact) mass is 626 g/mol. The van der Waals surface area contributed by atoms with Crippen LogP contribution in [-0.2, 0) is 0 Å². The number of pyridine rings is 1. The van der Waals surface area contributed by atoms with E-state index in [4.69, 9.17) is 21.3 Å². The van der Waals surface area contributed by atoms with Gasteiger partial charge in [-0.3, -0.25) is 25.0 Å². The molecule has 1 fully saturated rings. The Kier molecular flexibility index (Phi) is 7.85. The fraction of sp³-hybridized carbons (Fsp3) is 0.231. The van der Waals surface area contributed by atoms with E-state index in [-0.39, 0.29) is 39.4 Å². The molecule has 1 aliphatic carbocycles. The summed E-state index contributed by atoms with van der Waals surface area (Å²) in [5.41, 5.74) is -0.499. The Morgan fingerprint density at radius 3 is 2.52 bits per heavy atom. The molecule has 14 heteroatoms. The summed E-state index contributed by atoms with van der Waals surface area (Å²) in [6.07, 6.45) is 7.04. The van der Waals surface area contributed by atoms with Crippen molar-refractivity contribution in [3.63, 3.8) is 0 Å². The summed E-state index contributed by atoms with van der Waals surface area (Å²) in [6.45, 7) is 0. The lowest BCUT2D eigenvalue weighted by Gasteiger charge is -2.22. The molecule has 0 N–H and O–H groups in total. The van der Waals surface area contributed by atoms with Gasteiger partial charge in [0.1, 0.15) is 12.0 Å². The zero-order valence-corrected chi connectivity index (χ0v) is 23.0. The van der Waals surface area contributed by atoms with E-state index in [1.807, 2.05) is 6.07 Å². The lowest BCUT2D eigenvalue weighted by Crippen LogP contribution is -2.25. The maximum atomic E-state index is 13.6. The second-order valence-corrected chi connectivity index (χ2v) is 10.5. The van der Waals surface area contributed by atoms with Gasteiger partial charge in [-0.25, -0.2) is 9.97 Å². The van der Waals surface area contributed by atoms with Crippen molar-refractivity contribution in [1.29, 1.82) is 0 Å². The molecule has 2 aromatic carbocycles. The first kappa shape index (κ1) is 27.3. The number of nitrogens with zero attached hydrogens (tertiary/aromatic N) is 6. The van der Waals surface area contributed by atoms with Crippen LogP contribution in [0, 0.1) is 20.2 Å². The largest absolute Gasteiger partial charge is 0.431 e. The highest BCUT2D eigenvalue weighted by Crippen LogP contribution is 2.37. The molecule has 5 rings (SSSR count). The molecular weight excluding hydrogens is 608 g/mol. The van der Waals surface area contributed by atoms with Gasteiger partial charge in [0.05, 0.1) is 27.0 Å². The highest BCUT2D eigenvalue weighted by molar-refractivity contribution is 9.10. The van der Waals surface area contributed by atoms with Gasteiger partial charge < -0.3 is 4.74 Å². The summed E-state index contributed by atoms with van der Waals surface area (Å²) < 4.78 is 7.64. The quantitative estimate of drug-likeness (QED) is 0.124. The number of rotatable bonds is 7. The summed E-state index contributed by atoms with van der Waals surface area (Å²) in [5.74, 6) is 0.151. The van der Waals surface area contributed by atoms with Crippen LogP contribution in [0.25, 0.3) is 10.9 Å². The first-order valence-electron chi connectivity index (χ1n) is 12.2. The average molecular weight is 628 g/mol. The SMILES string of the molecule is O=c1c2cc(Br)ccc2nc(C2CCCCC2)n1N=Cc1cc(Cl)cc([N+](=O)[O-])c1Oc1ccc([N+](=O)[O-])cn1. The van der Waals surface area contributed by atoms with Gasteiger partial charge in [-0.05, 0) is 37.1 Å². The van der Waals surface area contributed by atoms with Crippen LogP contribution in [0.15, 0.2) is 63.0 Å². The van der Waals surface area contributed by atoms with Crippen LogP contribution >= 0.6 is 27.5 Å². The molecule has 2 aromatic heterocycles. The summed E-state index contributed by atoms with van der Waals surface area (Å²) >= 11 is 9.58. The first-order chi connectivity index (χ1) is 19.2. The Hall–Kier alpha value is -4.23. The summed E-state index contributed by atoms with van der Waals surface area (Å²) in [5, 5.41) is 27.7. The fourth-order valence-electron chi connectivity index (χ4n) is 4.61. The molecule has 0 atom stereocenters. The van der Waals surface area contributed by atoms with E-state index in [1.54, 1.807) is 12.1 Å². The van der Waals surface area contributed by atoms with Gasteiger partial charge in [0, 0.05) is 39.2 Å². The van der Waals surface area contributed by atoms with Crippen LogP contribution in [0.5, 0.6) is 11.6 Å². The molecule has 0 bridgehead atoms. The van der Waals surface area contributed by atoms with Crippen LogP contribution in [-0.4, -0.2) is 30.7 Å². The molecule has 0 amide bonds. The Bertz CT molecular complexity index is 1720. The van der Waals surface area contributed by atoms with Gasteiger partial charge in [0.15, 0.2) is 0 Å². The average Bonchev–Trinajstić information content (AvgIpc) is 2.94. The third-order valence-electron chi connectivity index (χ3n) is 6.51. The minimum atomic E-state index is -0.682. The van der Waals surface area contributed by atoms with Crippen LogP contribution in [0.1, 0.15) is 49.4 Å². The maximum Gasteiger partial charge on any atom is 0.313 e. The Balaban J connectivity index is 1.64. The Labute approximate surface area is 239 Å². The zero-order valence-electron chi connectivity index (χ0n) is 20.7. The van der Waals surface area contributed by atoms with Crippen LogP contribution in [0.3, 0.4) is 0 Å². The third-order valence-corrected chi connectivity index (χ3v) is 7.23. The normalized spacial score (nSPS) is 14.1.